The summed E-state index contributed by atoms with van der Waals surface area (Å²) in [4.78, 5) is 27.0. The van der Waals surface area contributed by atoms with E-state index in [1.54, 1.807) is 24.1 Å². The minimum absolute atomic E-state index is 0.0262. The van der Waals surface area contributed by atoms with Crippen LogP contribution < -0.4 is 10.1 Å². The first-order valence-electron chi connectivity index (χ1n) is 8.88. The van der Waals surface area contributed by atoms with Crippen LogP contribution in [0.5, 0.6) is 5.75 Å². The van der Waals surface area contributed by atoms with Gasteiger partial charge in [0.1, 0.15) is 5.75 Å². The number of benzene rings is 2. The molecule has 1 heterocycles. The Morgan fingerprint density at radius 1 is 1.04 bits per heavy atom. The van der Waals surface area contributed by atoms with Crippen LogP contribution in [-0.2, 0) is 4.79 Å². The fraction of sp³-hybridized carbons (Fsp3) is 0.333. The highest BCUT2D eigenvalue weighted by atomic mass is 16.5. The van der Waals surface area contributed by atoms with Crippen molar-refractivity contribution in [3.05, 3.63) is 59.7 Å². The molecule has 0 bridgehead atoms. The lowest BCUT2D eigenvalue weighted by molar-refractivity contribution is -0.121. The Morgan fingerprint density at radius 3 is 2.35 bits per heavy atom. The first-order chi connectivity index (χ1) is 12.6. The van der Waals surface area contributed by atoms with Gasteiger partial charge in [-0.25, -0.2) is 0 Å². The quantitative estimate of drug-likeness (QED) is 0.916. The van der Waals surface area contributed by atoms with Gasteiger partial charge in [0, 0.05) is 24.7 Å². The number of carbonyl (C=O) groups excluding carboxylic acids is 2. The van der Waals surface area contributed by atoms with Gasteiger partial charge in [-0.1, -0.05) is 29.8 Å². The molecular formula is C21H24N2O3. The summed E-state index contributed by atoms with van der Waals surface area (Å²) >= 11 is 0. The summed E-state index contributed by atoms with van der Waals surface area (Å²) in [5.74, 6) is 0.493. The predicted molar refractivity (Wildman–Crippen MR) is 101 cm³/mol. The number of likely N-dealkylation sites (tertiary alicyclic amines) is 1. The summed E-state index contributed by atoms with van der Waals surface area (Å²) in [6.07, 6.45) is 1.33. The van der Waals surface area contributed by atoms with E-state index in [9.17, 15) is 9.59 Å². The molecule has 1 N–H and O–H groups in total. The molecule has 2 aromatic rings. The molecule has 0 unspecified atom stereocenters. The highest BCUT2D eigenvalue weighted by Crippen LogP contribution is 2.24. The van der Waals surface area contributed by atoms with Gasteiger partial charge in [-0.3, -0.25) is 9.59 Å². The van der Waals surface area contributed by atoms with E-state index in [0.717, 1.165) is 11.3 Å². The van der Waals surface area contributed by atoms with Crippen LogP contribution in [-0.4, -0.2) is 36.9 Å². The molecule has 136 valence electrons. The summed E-state index contributed by atoms with van der Waals surface area (Å²) in [5, 5.41) is 2.97. The van der Waals surface area contributed by atoms with Crippen molar-refractivity contribution < 1.29 is 14.3 Å². The molecule has 3 rings (SSSR count). The number of methoxy groups -OCH3 is 1. The lowest BCUT2D eigenvalue weighted by atomic mass is 9.95. The van der Waals surface area contributed by atoms with E-state index in [0.29, 0.717) is 37.2 Å². The molecule has 2 aromatic carbocycles. The van der Waals surface area contributed by atoms with Crippen LogP contribution in [0.15, 0.2) is 48.5 Å². The maximum Gasteiger partial charge on any atom is 0.257 e. The zero-order chi connectivity index (χ0) is 18.5. The van der Waals surface area contributed by atoms with Crippen molar-refractivity contribution in [1.29, 1.82) is 0 Å². The van der Waals surface area contributed by atoms with Crippen LogP contribution in [0.3, 0.4) is 0 Å². The zero-order valence-electron chi connectivity index (χ0n) is 15.2. The molecule has 1 aliphatic rings. The molecule has 1 fully saturated rings. The minimum atomic E-state index is -0.0713. The average Bonchev–Trinajstić information content (AvgIpc) is 2.69. The van der Waals surface area contributed by atoms with Gasteiger partial charge in [0.15, 0.2) is 0 Å². The molecule has 0 saturated carbocycles. The van der Waals surface area contributed by atoms with E-state index in [-0.39, 0.29) is 17.7 Å². The van der Waals surface area contributed by atoms with Gasteiger partial charge in [-0.05, 0) is 44.0 Å². The molecule has 5 heteroatoms. The first-order valence-corrected chi connectivity index (χ1v) is 8.88. The van der Waals surface area contributed by atoms with E-state index >= 15 is 0 Å². The Bertz CT molecular complexity index is 778. The van der Waals surface area contributed by atoms with E-state index < -0.39 is 0 Å². The van der Waals surface area contributed by atoms with Gasteiger partial charge in [0.2, 0.25) is 5.91 Å². The highest BCUT2D eigenvalue weighted by Gasteiger charge is 2.28. The maximum atomic E-state index is 12.7. The predicted octanol–water partition coefficient (Wildman–Crippen LogP) is 3.49. The maximum absolute atomic E-state index is 12.7. The largest absolute Gasteiger partial charge is 0.496 e. The van der Waals surface area contributed by atoms with Crippen LogP contribution in [0.25, 0.3) is 0 Å². The number of para-hydroxylation sites is 1. The zero-order valence-corrected chi connectivity index (χ0v) is 15.2. The number of rotatable bonds is 4. The summed E-state index contributed by atoms with van der Waals surface area (Å²) in [5.41, 5.74) is 2.54. The monoisotopic (exact) mass is 352 g/mol. The van der Waals surface area contributed by atoms with Crippen molar-refractivity contribution >= 4 is 17.5 Å². The second-order valence-electron chi connectivity index (χ2n) is 6.62. The Labute approximate surface area is 154 Å². The second kappa shape index (κ2) is 8.04. The molecule has 0 aliphatic carbocycles. The summed E-state index contributed by atoms with van der Waals surface area (Å²) in [6, 6.07) is 15.0. The second-order valence-corrected chi connectivity index (χ2v) is 6.62. The number of piperidine rings is 1. The number of aryl methyl sites for hydroxylation is 1. The standard InChI is InChI=1S/C21H24N2O3/c1-15-7-9-17(10-8-15)22-20(24)16-11-13-23(14-12-16)21(25)18-5-3-4-6-19(18)26-2/h3-10,16H,11-14H2,1-2H3,(H,22,24). The van der Waals surface area contributed by atoms with Crippen LogP contribution in [0.4, 0.5) is 5.69 Å². The van der Waals surface area contributed by atoms with Gasteiger partial charge in [-0.15, -0.1) is 0 Å². The van der Waals surface area contributed by atoms with E-state index in [4.69, 9.17) is 4.74 Å². The molecule has 0 spiro atoms. The molecule has 5 nitrogen and oxygen atoms in total. The third-order valence-electron chi connectivity index (χ3n) is 4.81. The Morgan fingerprint density at radius 2 is 1.69 bits per heavy atom. The van der Waals surface area contributed by atoms with E-state index in [1.165, 1.54) is 0 Å². The third kappa shape index (κ3) is 4.04. The molecule has 0 aromatic heterocycles. The van der Waals surface area contributed by atoms with Crippen molar-refractivity contribution in [1.82, 2.24) is 4.90 Å². The Hall–Kier alpha value is -2.82. The minimum Gasteiger partial charge on any atom is -0.496 e. The molecule has 2 amide bonds. The van der Waals surface area contributed by atoms with Gasteiger partial charge >= 0.3 is 0 Å². The summed E-state index contributed by atoms with van der Waals surface area (Å²) in [6.45, 7) is 3.16. The Kier molecular flexibility index (Phi) is 5.56. The van der Waals surface area contributed by atoms with Gasteiger partial charge in [-0.2, -0.15) is 0 Å². The topological polar surface area (TPSA) is 58.6 Å². The van der Waals surface area contributed by atoms with Gasteiger partial charge in [0.25, 0.3) is 5.91 Å². The highest BCUT2D eigenvalue weighted by molar-refractivity contribution is 5.97. The lowest BCUT2D eigenvalue weighted by Gasteiger charge is -2.31. The van der Waals surface area contributed by atoms with E-state index in [1.807, 2.05) is 43.3 Å². The number of hydrogen-bond donors (Lipinski definition) is 1. The number of hydrogen-bond acceptors (Lipinski definition) is 3. The SMILES string of the molecule is COc1ccccc1C(=O)N1CCC(C(=O)Nc2ccc(C)cc2)CC1. The summed E-state index contributed by atoms with van der Waals surface area (Å²) in [7, 11) is 1.56. The van der Waals surface area contributed by atoms with E-state index in [2.05, 4.69) is 5.32 Å². The molecular weight excluding hydrogens is 328 g/mol. The van der Waals surface area contributed by atoms with Crippen molar-refractivity contribution in [3.8, 4) is 5.75 Å². The normalized spacial score (nSPS) is 14.8. The van der Waals surface area contributed by atoms with Crippen molar-refractivity contribution in [2.45, 2.75) is 19.8 Å². The molecule has 1 saturated heterocycles. The average molecular weight is 352 g/mol. The lowest BCUT2D eigenvalue weighted by Crippen LogP contribution is -2.41. The molecule has 0 radical (unpaired) electrons. The van der Waals surface area contributed by atoms with Crippen LogP contribution in [0.2, 0.25) is 0 Å². The number of ether oxygens (including phenoxy) is 1. The van der Waals surface area contributed by atoms with Crippen LogP contribution in [0.1, 0.15) is 28.8 Å². The molecule has 1 aliphatic heterocycles. The van der Waals surface area contributed by atoms with Crippen molar-refractivity contribution in [2.24, 2.45) is 5.92 Å². The fourth-order valence-corrected chi connectivity index (χ4v) is 3.22. The number of nitrogens with zero attached hydrogens (tertiary/aromatic N) is 1. The van der Waals surface area contributed by atoms with Crippen LogP contribution in [0, 0.1) is 12.8 Å². The molecule has 26 heavy (non-hydrogen) atoms. The van der Waals surface area contributed by atoms with Crippen molar-refractivity contribution in [2.75, 3.05) is 25.5 Å². The number of anilines is 1. The fourth-order valence-electron chi connectivity index (χ4n) is 3.22. The van der Waals surface area contributed by atoms with Gasteiger partial charge in [0.05, 0.1) is 12.7 Å². The number of carbonyl (C=O) groups is 2. The van der Waals surface area contributed by atoms with Crippen LogP contribution >= 0.6 is 0 Å². The first kappa shape index (κ1) is 18.0. The Balaban J connectivity index is 1.57. The number of amides is 2. The van der Waals surface area contributed by atoms with Gasteiger partial charge < -0.3 is 15.0 Å². The van der Waals surface area contributed by atoms with Crippen molar-refractivity contribution in [3.63, 3.8) is 0 Å². The number of nitrogens with one attached hydrogen (secondary N) is 1. The molecule has 0 atom stereocenters. The smallest absolute Gasteiger partial charge is 0.257 e. The third-order valence-corrected chi connectivity index (χ3v) is 4.81. The summed E-state index contributed by atoms with van der Waals surface area (Å²) < 4.78 is 5.28.